The molecule has 1 heterocycles. The normalized spacial score (nSPS) is 16.5. The standard InChI is InChI=1S/C15H20FNO/c1-3-8-17-9-4-5-13(11-17)12-6-7-15(18-2)14(16)10-12/h5-7,10H,3-4,8-9,11H2,1-2H3. The van der Waals surface area contributed by atoms with Crippen LogP contribution in [0.4, 0.5) is 4.39 Å². The lowest BCUT2D eigenvalue weighted by Crippen LogP contribution is -2.30. The molecule has 2 nitrogen and oxygen atoms in total. The van der Waals surface area contributed by atoms with Gasteiger partial charge in [0.05, 0.1) is 7.11 Å². The number of nitrogens with zero attached hydrogens (tertiary/aromatic N) is 1. The minimum Gasteiger partial charge on any atom is -0.494 e. The van der Waals surface area contributed by atoms with E-state index >= 15 is 0 Å². The lowest BCUT2D eigenvalue weighted by atomic mass is 10.0. The summed E-state index contributed by atoms with van der Waals surface area (Å²) < 4.78 is 18.6. The van der Waals surface area contributed by atoms with Crippen molar-refractivity contribution in [1.82, 2.24) is 4.90 Å². The smallest absolute Gasteiger partial charge is 0.165 e. The highest BCUT2D eigenvalue weighted by molar-refractivity contribution is 5.68. The molecule has 3 heteroatoms. The van der Waals surface area contributed by atoms with Gasteiger partial charge in [-0.1, -0.05) is 19.1 Å². The van der Waals surface area contributed by atoms with Gasteiger partial charge in [-0.25, -0.2) is 4.39 Å². The summed E-state index contributed by atoms with van der Waals surface area (Å²) in [6, 6.07) is 5.20. The zero-order valence-corrected chi connectivity index (χ0v) is 11.1. The largest absolute Gasteiger partial charge is 0.494 e. The molecule has 0 aromatic heterocycles. The minimum absolute atomic E-state index is 0.288. The fourth-order valence-electron chi connectivity index (χ4n) is 2.39. The molecule has 1 aliphatic heterocycles. The second-order valence-electron chi connectivity index (χ2n) is 4.64. The molecule has 0 unspecified atom stereocenters. The minimum atomic E-state index is -0.288. The summed E-state index contributed by atoms with van der Waals surface area (Å²) in [6.07, 6.45) is 4.42. The van der Waals surface area contributed by atoms with E-state index in [4.69, 9.17) is 4.74 Å². The molecule has 98 valence electrons. The highest BCUT2D eigenvalue weighted by Gasteiger charge is 2.14. The van der Waals surface area contributed by atoms with Crippen LogP contribution in [0.3, 0.4) is 0 Å². The van der Waals surface area contributed by atoms with Crippen molar-refractivity contribution in [2.75, 3.05) is 26.7 Å². The molecule has 0 bridgehead atoms. The molecule has 1 aromatic carbocycles. The Balaban J connectivity index is 2.16. The second kappa shape index (κ2) is 6.01. The van der Waals surface area contributed by atoms with Gasteiger partial charge in [-0.15, -0.1) is 0 Å². The van der Waals surface area contributed by atoms with Gasteiger partial charge < -0.3 is 4.74 Å². The lowest BCUT2D eigenvalue weighted by molar-refractivity contribution is 0.305. The van der Waals surface area contributed by atoms with Crippen molar-refractivity contribution in [3.05, 3.63) is 35.7 Å². The van der Waals surface area contributed by atoms with E-state index in [1.807, 2.05) is 6.07 Å². The Morgan fingerprint density at radius 3 is 2.89 bits per heavy atom. The van der Waals surface area contributed by atoms with Gasteiger partial charge in [0.2, 0.25) is 0 Å². The van der Waals surface area contributed by atoms with Crippen LogP contribution in [0.2, 0.25) is 0 Å². The number of hydrogen-bond donors (Lipinski definition) is 0. The van der Waals surface area contributed by atoms with Gasteiger partial charge >= 0.3 is 0 Å². The molecule has 0 N–H and O–H groups in total. The van der Waals surface area contributed by atoms with Crippen LogP contribution in [-0.2, 0) is 0 Å². The quantitative estimate of drug-likeness (QED) is 0.811. The van der Waals surface area contributed by atoms with Crippen molar-refractivity contribution >= 4 is 5.57 Å². The molecule has 0 saturated heterocycles. The van der Waals surface area contributed by atoms with Crippen molar-refractivity contribution in [3.8, 4) is 5.75 Å². The maximum atomic E-state index is 13.7. The fourth-order valence-corrected chi connectivity index (χ4v) is 2.39. The van der Waals surface area contributed by atoms with Crippen LogP contribution >= 0.6 is 0 Å². The second-order valence-corrected chi connectivity index (χ2v) is 4.64. The van der Waals surface area contributed by atoms with E-state index in [2.05, 4.69) is 17.9 Å². The average molecular weight is 249 g/mol. The molecule has 0 aliphatic carbocycles. The molecule has 2 rings (SSSR count). The van der Waals surface area contributed by atoms with Gasteiger partial charge in [0.1, 0.15) is 0 Å². The zero-order chi connectivity index (χ0) is 13.0. The van der Waals surface area contributed by atoms with Crippen LogP contribution in [0.15, 0.2) is 24.3 Å². The Morgan fingerprint density at radius 1 is 1.39 bits per heavy atom. The number of methoxy groups -OCH3 is 1. The van der Waals surface area contributed by atoms with E-state index in [1.165, 1.54) is 12.7 Å². The summed E-state index contributed by atoms with van der Waals surface area (Å²) in [6.45, 7) is 5.32. The Morgan fingerprint density at radius 2 is 2.22 bits per heavy atom. The number of benzene rings is 1. The molecule has 0 saturated carbocycles. The molecule has 18 heavy (non-hydrogen) atoms. The fraction of sp³-hybridized carbons (Fsp3) is 0.467. The topological polar surface area (TPSA) is 12.5 Å². The summed E-state index contributed by atoms with van der Waals surface area (Å²) in [4.78, 5) is 2.41. The number of rotatable bonds is 4. The molecule has 1 aliphatic rings. The third-order valence-corrected chi connectivity index (χ3v) is 3.29. The molecule has 0 amide bonds. The summed E-state index contributed by atoms with van der Waals surface area (Å²) in [5, 5.41) is 0. The van der Waals surface area contributed by atoms with E-state index in [0.717, 1.165) is 38.0 Å². The monoisotopic (exact) mass is 249 g/mol. The van der Waals surface area contributed by atoms with Crippen LogP contribution in [0.1, 0.15) is 25.3 Å². The maximum Gasteiger partial charge on any atom is 0.165 e. The predicted molar refractivity (Wildman–Crippen MR) is 72.3 cm³/mol. The van der Waals surface area contributed by atoms with Gasteiger partial charge in [0.15, 0.2) is 11.6 Å². The van der Waals surface area contributed by atoms with Crippen molar-refractivity contribution in [3.63, 3.8) is 0 Å². The van der Waals surface area contributed by atoms with E-state index in [-0.39, 0.29) is 5.82 Å². The van der Waals surface area contributed by atoms with Crippen molar-refractivity contribution < 1.29 is 9.13 Å². The predicted octanol–water partition coefficient (Wildman–Crippen LogP) is 3.33. The maximum absolute atomic E-state index is 13.7. The van der Waals surface area contributed by atoms with Crippen LogP contribution in [0.25, 0.3) is 5.57 Å². The van der Waals surface area contributed by atoms with Gasteiger partial charge in [0.25, 0.3) is 0 Å². The average Bonchev–Trinajstić information content (AvgIpc) is 2.39. The van der Waals surface area contributed by atoms with Crippen LogP contribution in [-0.4, -0.2) is 31.6 Å². The Bertz CT molecular complexity index is 442. The Hall–Kier alpha value is -1.35. The highest BCUT2D eigenvalue weighted by atomic mass is 19.1. The molecule has 0 fully saturated rings. The van der Waals surface area contributed by atoms with Gasteiger partial charge in [-0.05, 0) is 42.7 Å². The number of hydrogen-bond acceptors (Lipinski definition) is 2. The molecule has 0 atom stereocenters. The number of ether oxygens (including phenoxy) is 1. The first-order valence-electron chi connectivity index (χ1n) is 6.50. The van der Waals surface area contributed by atoms with Crippen LogP contribution in [0, 0.1) is 5.82 Å². The van der Waals surface area contributed by atoms with Crippen molar-refractivity contribution in [1.29, 1.82) is 0 Å². The van der Waals surface area contributed by atoms with Gasteiger partial charge in [-0.3, -0.25) is 4.90 Å². The van der Waals surface area contributed by atoms with Gasteiger partial charge in [0, 0.05) is 13.1 Å². The highest BCUT2D eigenvalue weighted by Crippen LogP contribution is 2.25. The molecular weight excluding hydrogens is 229 g/mol. The Labute approximate surface area is 108 Å². The SMILES string of the molecule is CCCN1CCC=C(c2ccc(OC)c(F)c2)C1. The Kier molecular flexibility index (Phi) is 4.37. The first kappa shape index (κ1) is 13.1. The lowest BCUT2D eigenvalue weighted by Gasteiger charge is -2.27. The third kappa shape index (κ3) is 2.91. The molecular formula is C15H20FNO. The van der Waals surface area contributed by atoms with Crippen LogP contribution < -0.4 is 4.74 Å². The van der Waals surface area contributed by atoms with E-state index in [9.17, 15) is 4.39 Å². The van der Waals surface area contributed by atoms with Crippen molar-refractivity contribution in [2.24, 2.45) is 0 Å². The van der Waals surface area contributed by atoms with Crippen LogP contribution in [0.5, 0.6) is 5.75 Å². The summed E-state index contributed by atoms with van der Waals surface area (Å²) >= 11 is 0. The number of halogens is 1. The van der Waals surface area contributed by atoms with E-state index in [1.54, 1.807) is 12.1 Å². The first-order valence-corrected chi connectivity index (χ1v) is 6.50. The molecule has 1 aromatic rings. The zero-order valence-electron chi connectivity index (χ0n) is 11.1. The van der Waals surface area contributed by atoms with Gasteiger partial charge in [-0.2, -0.15) is 0 Å². The van der Waals surface area contributed by atoms with E-state index in [0.29, 0.717) is 5.75 Å². The van der Waals surface area contributed by atoms with Crippen molar-refractivity contribution in [2.45, 2.75) is 19.8 Å². The van der Waals surface area contributed by atoms with E-state index < -0.39 is 0 Å². The molecule has 0 spiro atoms. The third-order valence-electron chi connectivity index (χ3n) is 3.29. The first-order chi connectivity index (χ1) is 8.74. The summed E-state index contributed by atoms with van der Waals surface area (Å²) in [5.74, 6) is 0.0177. The summed E-state index contributed by atoms with van der Waals surface area (Å²) in [5.41, 5.74) is 2.19. The summed E-state index contributed by atoms with van der Waals surface area (Å²) in [7, 11) is 1.49. The molecule has 0 radical (unpaired) electrons.